The van der Waals surface area contributed by atoms with Crippen LogP contribution in [0.3, 0.4) is 0 Å². The molecule has 2 aromatic rings. The van der Waals surface area contributed by atoms with E-state index in [1.807, 2.05) is 6.07 Å². The number of para-hydroxylation sites is 1. The number of benzene rings is 1. The number of nitrogens with zero attached hydrogens (tertiary/aromatic N) is 3. The van der Waals surface area contributed by atoms with Crippen LogP contribution >= 0.6 is 0 Å². The number of nitrogens with one attached hydrogen (secondary N) is 1. The fourth-order valence-corrected chi connectivity index (χ4v) is 3.08. The van der Waals surface area contributed by atoms with E-state index in [-0.39, 0.29) is 18.0 Å². The molecule has 0 unspecified atom stereocenters. The number of hydrogen-bond donors (Lipinski definition) is 1. The van der Waals surface area contributed by atoms with Crippen molar-refractivity contribution in [2.24, 2.45) is 7.05 Å². The molecule has 3 rings (SSSR count). The van der Waals surface area contributed by atoms with Crippen molar-refractivity contribution >= 4 is 11.6 Å². The van der Waals surface area contributed by atoms with E-state index in [2.05, 4.69) is 28.4 Å². The highest BCUT2D eigenvalue weighted by molar-refractivity contribution is 5.75. The van der Waals surface area contributed by atoms with Crippen LogP contribution in [0.15, 0.2) is 46.1 Å². The van der Waals surface area contributed by atoms with Gasteiger partial charge in [0.1, 0.15) is 6.54 Å². The van der Waals surface area contributed by atoms with Crippen molar-refractivity contribution in [2.75, 3.05) is 24.5 Å². The molecule has 1 aromatic heterocycles. The van der Waals surface area contributed by atoms with Crippen molar-refractivity contribution in [3.05, 3.63) is 62.9 Å². The Morgan fingerprint density at radius 1 is 1.20 bits per heavy atom. The molecule has 7 heteroatoms. The molecule has 0 spiro atoms. The van der Waals surface area contributed by atoms with E-state index in [9.17, 15) is 14.4 Å². The Balaban J connectivity index is 1.46. The third-order valence-corrected chi connectivity index (χ3v) is 4.48. The second-order valence-electron chi connectivity index (χ2n) is 6.19. The van der Waals surface area contributed by atoms with E-state index in [0.29, 0.717) is 6.54 Å². The van der Waals surface area contributed by atoms with Crippen LogP contribution in [0.4, 0.5) is 5.69 Å². The Kier molecular flexibility index (Phi) is 5.02. The van der Waals surface area contributed by atoms with E-state index in [4.69, 9.17) is 0 Å². The Morgan fingerprint density at radius 3 is 2.84 bits per heavy atom. The van der Waals surface area contributed by atoms with Crippen LogP contribution in [-0.2, 0) is 24.8 Å². The number of rotatable bonds is 6. The first-order valence-corrected chi connectivity index (χ1v) is 8.42. The van der Waals surface area contributed by atoms with Crippen LogP contribution < -0.4 is 21.5 Å². The highest BCUT2D eigenvalue weighted by atomic mass is 16.2. The number of anilines is 1. The molecule has 0 fully saturated rings. The third kappa shape index (κ3) is 3.81. The van der Waals surface area contributed by atoms with Gasteiger partial charge in [0.05, 0.1) is 0 Å². The molecule has 0 saturated heterocycles. The fourth-order valence-electron chi connectivity index (χ4n) is 3.08. The zero-order valence-corrected chi connectivity index (χ0v) is 14.3. The van der Waals surface area contributed by atoms with Gasteiger partial charge in [-0.15, -0.1) is 0 Å². The Morgan fingerprint density at radius 2 is 2.00 bits per heavy atom. The Labute approximate surface area is 145 Å². The number of hydrogen-bond acceptors (Lipinski definition) is 4. The minimum Gasteiger partial charge on any atom is -0.371 e. The van der Waals surface area contributed by atoms with Gasteiger partial charge in [0.15, 0.2) is 0 Å². The average Bonchev–Trinajstić information content (AvgIpc) is 3.02. The normalized spacial score (nSPS) is 12.9. The summed E-state index contributed by atoms with van der Waals surface area (Å²) in [4.78, 5) is 37.5. The van der Waals surface area contributed by atoms with Crippen molar-refractivity contribution < 1.29 is 4.79 Å². The molecule has 0 radical (unpaired) electrons. The lowest BCUT2D eigenvalue weighted by molar-refractivity contribution is -0.121. The first kappa shape index (κ1) is 17.0. The molecule has 0 atom stereocenters. The molecule has 1 aliphatic heterocycles. The SMILES string of the molecule is Cn1c(=O)ccn(CC(=O)NCCCN2CCc3ccccc32)c1=O. The molecule has 2 heterocycles. The molecule has 1 N–H and O–H groups in total. The van der Waals surface area contributed by atoms with Crippen LogP contribution in [-0.4, -0.2) is 34.7 Å². The van der Waals surface area contributed by atoms with E-state index in [0.717, 1.165) is 30.5 Å². The van der Waals surface area contributed by atoms with Crippen LogP contribution in [0.25, 0.3) is 0 Å². The van der Waals surface area contributed by atoms with Gasteiger partial charge >= 0.3 is 5.69 Å². The molecule has 7 nitrogen and oxygen atoms in total. The number of carbonyl (C=O) groups is 1. The van der Waals surface area contributed by atoms with Gasteiger partial charge in [-0.25, -0.2) is 4.79 Å². The van der Waals surface area contributed by atoms with Crippen molar-refractivity contribution in [3.63, 3.8) is 0 Å². The van der Waals surface area contributed by atoms with Crippen molar-refractivity contribution in [1.82, 2.24) is 14.5 Å². The molecule has 1 aromatic carbocycles. The van der Waals surface area contributed by atoms with Crippen molar-refractivity contribution in [1.29, 1.82) is 0 Å². The van der Waals surface area contributed by atoms with Gasteiger partial charge in [-0.3, -0.25) is 18.7 Å². The number of carbonyl (C=O) groups excluding carboxylic acids is 1. The van der Waals surface area contributed by atoms with Crippen LogP contribution in [0.5, 0.6) is 0 Å². The Bertz CT molecular complexity index is 884. The maximum atomic E-state index is 12.0. The van der Waals surface area contributed by atoms with Crippen LogP contribution in [0, 0.1) is 0 Å². The van der Waals surface area contributed by atoms with Crippen LogP contribution in [0.2, 0.25) is 0 Å². The summed E-state index contributed by atoms with van der Waals surface area (Å²) < 4.78 is 2.21. The number of fused-ring (bicyclic) bond motifs is 1. The molecule has 1 amide bonds. The summed E-state index contributed by atoms with van der Waals surface area (Å²) in [5.74, 6) is -0.234. The molecular formula is C18H22N4O3. The largest absolute Gasteiger partial charge is 0.371 e. The molecule has 25 heavy (non-hydrogen) atoms. The minimum absolute atomic E-state index is 0.0838. The Hall–Kier alpha value is -2.83. The average molecular weight is 342 g/mol. The van der Waals surface area contributed by atoms with E-state index in [1.54, 1.807) is 0 Å². The quantitative estimate of drug-likeness (QED) is 0.757. The topological polar surface area (TPSA) is 76.3 Å². The van der Waals surface area contributed by atoms with Gasteiger partial charge in [-0.05, 0) is 24.5 Å². The maximum absolute atomic E-state index is 12.0. The summed E-state index contributed by atoms with van der Waals surface area (Å²) in [6.07, 6.45) is 3.26. The first-order chi connectivity index (χ1) is 12.1. The standard InChI is InChI=1S/C18H22N4O3/c1-20-17(24)8-12-22(18(20)25)13-16(23)19-9-4-10-21-11-7-14-5-2-3-6-15(14)21/h2-3,5-6,8,12H,4,7,9-11,13H2,1H3,(H,19,23). The lowest BCUT2D eigenvalue weighted by atomic mass is 10.2. The van der Waals surface area contributed by atoms with Gasteiger partial charge in [-0.2, -0.15) is 0 Å². The van der Waals surface area contributed by atoms with Crippen LogP contribution in [0.1, 0.15) is 12.0 Å². The summed E-state index contributed by atoms with van der Waals surface area (Å²) in [5.41, 5.74) is 1.79. The zero-order chi connectivity index (χ0) is 17.8. The molecule has 0 saturated carbocycles. The van der Waals surface area contributed by atoms with E-state index < -0.39 is 5.69 Å². The fraction of sp³-hybridized carbons (Fsp3) is 0.389. The van der Waals surface area contributed by atoms with E-state index in [1.165, 1.54) is 35.1 Å². The number of amides is 1. The number of aromatic nitrogens is 2. The lowest BCUT2D eigenvalue weighted by Gasteiger charge is -2.19. The first-order valence-electron chi connectivity index (χ1n) is 8.42. The predicted octanol–water partition coefficient (Wildman–Crippen LogP) is 0.116. The van der Waals surface area contributed by atoms with Gasteiger partial charge in [0, 0.05) is 44.6 Å². The summed E-state index contributed by atoms with van der Waals surface area (Å²) in [7, 11) is 1.40. The zero-order valence-electron chi connectivity index (χ0n) is 14.3. The van der Waals surface area contributed by atoms with Gasteiger partial charge < -0.3 is 10.2 Å². The third-order valence-electron chi connectivity index (χ3n) is 4.48. The highest BCUT2D eigenvalue weighted by Gasteiger charge is 2.17. The molecule has 0 bridgehead atoms. The van der Waals surface area contributed by atoms with Gasteiger partial charge in [0.2, 0.25) is 5.91 Å². The lowest BCUT2D eigenvalue weighted by Crippen LogP contribution is -2.40. The summed E-state index contributed by atoms with van der Waals surface area (Å²) in [5, 5.41) is 2.83. The monoisotopic (exact) mass is 342 g/mol. The minimum atomic E-state index is -0.490. The molecule has 1 aliphatic rings. The molecule has 132 valence electrons. The van der Waals surface area contributed by atoms with Gasteiger partial charge in [-0.1, -0.05) is 18.2 Å². The molecule has 0 aliphatic carbocycles. The van der Waals surface area contributed by atoms with Crippen molar-refractivity contribution in [3.8, 4) is 0 Å². The molecular weight excluding hydrogens is 320 g/mol. The summed E-state index contributed by atoms with van der Waals surface area (Å²) >= 11 is 0. The smallest absolute Gasteiger partial charge is 0.331 e. The predicted molar refractivity (Wildman–Crippen MR) is 95.9 cm³/mol. The highest BCUT2D eigenvalue weighted by Crippen LogP contribution is 2.27. The maximum Gasteiger partial charge on any atom is 0.331 e. The second kappa shape index (κ2) is 7.38. The summed E-state index contributed by atoms with van der Waals surface area (Å²) in [6.45, 7) is 2.37. The second-order valence-corrected chi connectivity index (χ2v) is 6.19. The van der Waals surface area contributed by atoms with Crippen molar-refractivity contribution in [2.45, 2.75) is 19.4 Å². The van der Waals surface area contributed by atoms with E-state index >= 15 is 0 Å². The summed E-state index contributed by atoms with van der Waals surface area (Å²) in [6, 6.07) is 9.67. The van der Waals surface area contributed by atoms with Gasteiger partial charge in [0.25, 0.3) is 5.56 Å².